The smallest absolute Gasteiger partial charge is 0.366 e. The van der Waals surface area contributed by atoms with E-state index in [4.69, 9.17) is 34.2 Å². The van der Waals surface area contributed by atoms with Crippen molar-refractivity contribution < 1.29 is 62.3 Å². The Balaban J connectivity index is 3.79. The van der Waals surface area contributed by atoms with Crippen molar-refractivity contribution in [1.82, 2.24) is 5.32 Å². The molecule has 1 aliphatic heterocycles. The molecule has 6 atom stereocenters. The predicted octanol–water partition coefficient (Wildman–Crippen LogP) is -1.82. The van der Waals surface area contributed by atoms with E-state index in [0.29, 0.717) is 0 Å². The number of ether oxygens (including phenoxy) is 6. The number of carbonyl (C=O) groups excluding carboxylic acids is 6. The van der Waals surface area contributed by atoms with Gasteiger partial charge in [0.2, 0.25) is 5.91 Å². The fourth-order valence-corrected chi connectivity index (χ4v) is 3.60. The number of nitrogens with two attached hydrogens (primary N) is 1. The van der Waals surface area contributed by atoms with Crippen LogP contribution in [0.4, 0.5) is 0 Å². The number of carbonyl (C=O) groups is 6. The lowest BCUT2D eigenvalue weighted by Crippen LogP contribution is -2.80. The van der Waals surface area contributed by atoms with Crippen molar-refractivity contribution in [2.24, 2.45) is 5.73 Å². The minimum absolute atomic E-state index is 0.178. The third-order valence-electron chi connectivity index (χ3n) is 4.82. The molecule has 1 fully saturated rings. The van der Waals surface area contributed by atoms with Crippen LogP contribution in [0.15, 0.2) is 0 Å². The van der Waals surface area contributed by atoms with Gasteiger partial charge in [-0.3, -0.25) is 24.0 Å². The van der Waals surface area contributed by atoms with Crippen LogP contribution in [0.1, 0.15) is 48.0 Å². The van der Waals surface area contributed by atoms with Crippen LogP contribution in [0, 0.1) is 0 Å². The van der Waals surface area contributed by atoms with E-state index in [0.717, 1.165) is 34.6 Å². The molecule has 0 aromatic heterocycles. The van der Waals surface area contributed by atoms with Crippen molar-refractivity contribution >= 4 is 35.8 Å². The Morgan fingerprint density at radius 2 is 1.56 bits per heavy atom. The molecular formula is C21H32N2O13. The molecule has 1 aliphatic rings. The molecule has 0 aromatic carbocycles. The first-order valence-electron chi connectivity index (χ1n) is 10.9. The van der Waals surface area contributed by atoms with Crippen molar-refractivity contribution in [2.45, 2.75) is 83.8 Å². The zero-order valence-corrected chi connectivity index (χ0v) is 20.9. The Bertz CT molecular complexity index is 878. The Morgan fingerprint density at radius 1 is 0.972 bits per heavy atom. The van der Waals surface area contributed by atoms with E-state index < -0.39 is 84.6 Å². The van der Waals surface area contributed by atoms with Crippen molar-refractivity contribution in [3.05, 3.63) is 0 Å². The molecule has 15 heteroatoms. The number of hydrogen-bond donors (Lipinski definition) is 3. The van der Waals surface area contributed by atoms with Gasteiger partial charge < -0.3 is 44.6 Å². The van der Waals surface area contributed by atoms with Crippen molar-refractivity contribution in [1.29, 1.82) is 0 Å². The average Bonchev–Trinajstić information content (AvgIpc) is 2.71. The summed E-state index contributed by atoms with van der Waals surface area (Å²) in [5, 5.41) is 13.4. The summed E-state index contributed by atoms with van der Waals surface area (Å²) in [6.45, 7) is 5.70. The number of amides is 1. The van der Waals surface area contributed by atoms with Gasteiger partial charge in [0, 0.05) is 34.6 Å². The maximum absolute atomic E-state index is 12.6. The van der Waals surface area contributed by atoms with E-state index in [1.807, 2.05) is 0 Å². The second-order valence-corrected chi connectivity index (χ2v) is 7.98. The largest absolute Gasteiger partial charge is 0.462 e. The molecule has 36 heavy (non-hydrogen) atoms. The van der Waals surface area contributed by atoms with Crippen LogP contribution < -0.4 is 11.1 Å². The van der Waals surface area contributed by atoms with Crippen LogP contribution in [0.25, 0.3) is 0 Å². The average molecular weight is 520 g/mol. The second kappa shape index (κ2) is 12.6. The summed E-state index contributed by atoms with van der Waals surface area (Å²) in [6.07, 6.45) is -7.82. The maximum Gasteiger partial charge on any atom is 0.366 e. The molecule has 204 valence electrons. The van der Waals surface area contributed by atoms with Crippen molar-refractivity contribution in [3.63, 3.8) is 0 Å². The highest BCUT2D eigenvalue weighted by Gasteiger charge is 2.64. The monoisotopic (exact) mass is 520 g/mol. The van der Waals surface area contributed by atoms with Crippen molar-refractivity contribution in [3.8, 4) is 0 Å². The highest BCUT2D eigenvalue weighted by molar-refractivity contribution is 5.79. The number of esters is 5. The molecule has 4 N–H and O–H groups in total. The molecule has 1 amide bonds. The molecule has 0 saturated carbocycles. The van der Waals surface area contributed by atoms with E-state index in [-0.39, 0.29) is 6.61 Å². The van der Waals surface area contributed by atoms with Crippen molar-refractivity contribution in [2.75, 3.05) is 13.2 Å². The summed E-state index contributed by atoms with van der Waals surface area (Å²) in [5.41, 5.74) is 4.18. The lowest BCUT2D eigenvalue weighted by Gasteiger charge is -2.52. The zero-order valence-electron chi connectivity index (χ0n) is 20.9. The Labute approximate surface area is 206 Å². The SMILES string of the molecule is CCOC(=O)C1(O)C[C@H](OC(C)=O)[C@](N)(NC(C)=O)[C@H]([C@H](OC(C)=O)[C@@H](COC(C)=O)OC(C)=O)O1. The highest BCUT2D eigenvalue weighted by atomic mass is 16.7. The molecule has 1 unspecified atom stereocenters. The van der Waals surface area contributed by atoms with E-state index in [1.165, 1.54) is 6.92 Å². The Morgan fingerprint density at radius 3 is 2.00 bits per heavy atom. The fourth-order valence-electron chi connectivity index (χ4n) is 3.60. The number of nitrogens with one attached hydrogen (secondary N) is 1. The van der Waals surface area contributed by atoms with Gasteiger partial charge in [-0.25, -0.2) is 4.79 Å². The second-order valence-electron chi connectivity index (χ2n) is 7.98. The molecule has 15 nitrogen and oxygen atoms in total. The molecule has 1 rings (SSSR count). The van der Waals surface area contributed by atoms with Gasteiger partial charge in [0.1, 0.15) is 18.8 Å². The minimum Gasteiger partial charge on any atom is -0.462 e. The maximum atomic E-state index is 12.6. The van der Waals surface area contributed by atoms with Crippen LogP contribution in [0.3, 0.4) is 0 Å². The standard InChI is InChI=1S/C21H32N2O13/c1-7-31-19(29)20(30)8-16(34-13(5)27)21(22,23-10(2)24)18(36-20)17(35-14(6)28)15(33-12(4)26)9-32-11(3)25/h15-18,30H,7-9,22H2,1-6H3,(H,23,24)/t15-,16+,17-,18+,20?,21+/m1/s1. The number of hydrogen-bond acceptors (Lipinski definition) is 14. The molecule has 0 aromatic rings. The summed E-state index contributed by atoms with van der Waals surface area (Å²) < 4.78 is 31.0. The van der Waals surface area contributed by atoms with Gasteiger partial charge in [0.15, 0.2) is 17.9 Å². The van der Waals surface area contributed by atoms with Crippen LogP contribution in [-0.4, -0.2) is 89.9 Å². The third-order valence-corrected chi connectivity index (χ3v) is 4.82. The lowest BCUT2D eigenvalue weighted by molar-refractivity contribution is -0.315. The summed E-state index contributed by atoms with van der Waals surface area (Å²) >= 11 is 0. The molecule has 0 spiro atoms. The van der Waals surface area contributed by atoms with Crippen LogP contribution in [0.2, 0.25) is 0 Å². The first-order valence-corrected chi connectivity index (χ1v) is 10.9. The minimum atomic E-state index is -2.82. The van der Waals surface area contributed by atoms with Gasteiger partial charge in [0.25, 0.3) is 5.79 Å². The summed E-state index contributed by atoms with van der Waals surface area (Å²) in [4.78, 5) is 71.8. The Hall–Kier alpha value is -3.30. The first kappa shape index (κ1) is 30.7. The summed E-state index contributed by atoms with van der Waals surface area (Å²) in [7, 11) is 0. The highest BCUT2D eigenvalue weighted by Crippen LogP contribution is 2.38. The van der Waals surface area contributed by atoms with Gasteiger partial charge in [-0.2, -0.15) is 0 Å². The molecule has 0 bridgehead atoms. The number of aliphatic hydroxyl groups is 1. The van der Waals surface area contributed by atoms with Gasteiger partial charge in [-0.15, -0.1) is 0 Å². The fraction of sp³-hybridized carbons (Fsp3) is 0.714. The van der Waals surface area contributed by atoms with Crippen LogP contribution >= 0.6 is 0 Å². The predicted molar refractivity (Wildman–Crippen MR) is 115 cm³/mol. The normalized spacial score (nSPS) is 27.0. The molecule has 0 aliphatic carbocycles. The third kappa shape index (κ3) is 8.13. The summed E-state index contributed by atoms with van der Waals surface area (Å²) in [6, 6.07) is 0. The molecular weight excluding hydrogens is 488 g/mol. The first-order chi connectivity index (χ1) is 16.6. The number of rotatable bonds is 10. The zero-order chi connectivity index (χ0) is 27.8. The van der Waals surface area contributed by atoms with Gasteiger partial charge >= 0.3 is 29.8 Å². The van der Waals surface area contributed by atoms with Crippen LogP contribution in [0.5, 0.6) is 0 Å². The quantitative estimate of drug-likeness (QED) is 0.164. The topological polar surface area (TPSA) is 216 Å². The van der Waals surface area contributed by atoms with Gasteiger partial charge in [-0.1, -0.05) is 0 Å². The Kier molecular flexibility index (Phi) is 10.8. The molecule has 1 heterocycles. The van der Waals surface area contributed by atoms with E-state index >= 15 is 0 Å². The van der Waals surface area contributed by atoms with Crippen LogP contribution in [-0.2, 0) is 57.2 Å². The summed E-state index contributed by atoms with van der Waals surface area (Å²) in [5.74, 6) is -8.46. The van der Waals surface area contributed by atoms with E-state index in [2.05, 4.69) is 5.32 Å². The lowest BCUT2D eigenvalue weighted by atomic mass is 9.83. The van der Waals surface area contributed by atoms with Gasteiger partial charge in [0.05, 0.1) is 13.0 Å². The van der Waals surface area contributed by atoms with E-state index in [1.54, 1.807) is 0 Å². The molecule has 1 saturated heterocycles. The molecule has 0 radical (unpaired) electrons. The van der Waals surface area contributed by atoms with Gasteiger partial charge in [-0.05, 0) is 6.92 Å². The van der Waals surface area contributed by atoms with E-state index in [9.17, 15) is 33.9 Å².